The van der Waals surface area contributed by atoms with Crippen LogP contribution in [0.3, 0.4) is 0 Å². The van der Waals surface area contributed by atoms with Crippen LogP contribution in [0.5, 0.6) is 11.5 Å². The first-order valence-electron chi connectivity index (χ1n) is 4.60. The molecule has 2 aromatic rings. The molecule has 0 saturated carbocycles. The molecular formula is C12H11NO2. The molecule has 0 unspecified atom stereocenters. The van der Waals surface area contributed by atoms with Crippen LogP contribution in [0.25, 0.3) is 0 Å². The number of rotatable bonds is 2. The van der Waals surface area contributed by atoms with E-state index in [1.165, 1.54) is 12.1 Å². The van der Waals surface area contributed by atoms with Crippen LogP contribution in [0.15, 0.2) is 48.5 Å². The third-order valence-corrected chi connectivity index (χ3v) is 2.03. The van der Waals surface area contributed by atoms with Gasteiger partial charge in [-0.3, -0.25) is 0 Å². The van der Waals surface area contributed by atoms with Crippen molar-refractivity contribution >= 4 is 11.4 Å². The van der Waals surface area contributed by atoms with Crippen LogP contribution < -0.4 is 5.32 Å². The summed E-state index contributed by atoms with van der Waals surface area (Å²) in [6.07, 6.45) is 0. The molecule has 0 aliphatic rings. The van der Waals surface area contributed by atoms with Gasteiger partial charge in [0.15, 0.2) is 0 Å². The number of anilines is 2. The van der Waals surface area contributed by atoms with Gasteiger partial charge < -0.3 is 15.5 Å². The van der Waals surface area contributed by atoms with Gasteiger partial charge in [-0.2, -0.15) is 0 Å². The fourth-order valence-electron chi connectivity index (χ4n) is 1.30. The quantitative estimate of drug-likeness (QED) is 0.517. The van der Waals surface area contributed by atoms with Gasteiger partial charge in [-0.15, -0.1) is 0 Å². The lowest BCUT2D eigenvalue weighted by Gasteiger charge is -2.08. The largest absolute Gasteiger partial charge is 0.508 e. The Bertz CT molecular complexity index is 454. The van der Waals surface area contributed by atoms with E-state index >= 15 is 0 Å². The van der Waals surface area contributed by atoms with Crippen molar-refractivity contribution in [2.24, 2.45) is 0 Å². The molecule has 0 atom stereocenters. The van der Waals surface area contributed by atoms with E-state index in [0.29, 0.717) is 5.69 Å². The van der Waals surface area contributed by atoms with Crippen molar-refractivity contribution in [1.29, 1.82) is 0 Å². The predicted molar refractivity (Wildman–Crippen MR) is 59.5 cm³/mol. The van der Waals surface area contributed by atoms with Gasteiger partial charge in [-0.25, -0.2) is 0 Å². The van der Waals surface area contributed by atoms with E-state index < -0.39 is 0 Å². The molecule has 0 heterocycles. The van der Waals surface area contributed by atoms with E-state index in [-0.39, 0.29) is 11.5 Å². The molecule has 2 aromatic carbocycles. The molecule has 2 rings (SSSR count). The van der Waals surface area contributed by atoms with E-state index in [2.05, 4.69) is 5.32 Å². The van der Waals surface area contributed by atoms with Crippen LogP contribution >= 0.6 is 0 Å². The molecule has 3 heteroatoms. The topological polar surface area (TPSA) is 52.5 Å². The van der Waals surface area contributed by atoms with E-state index in [1.807, 2.05) is 30.3 Å². The number of nitrogens with one attached hydrogen (secondary N) is 1. The summed E-state index contributed by atoms with van der Waals surface area (Å²) in [6.45, 7) is 0. The summed E-state index contributed by atoms with van der Waals surface area (Å²) in [5.41, 5.74) is 1.46. The zero-order valence-electron chi connectivity index (χ0n) is 8.01. The fraction of sp³-hybridized carbons (Fsp3) is 0. The Morgan fingerprint density at radius 3 is 2.27 bits per heavy atom. The minimum Gasteiger partial charge on any atom is -0.508 e. The summed E-state index contributed by atoms with van der Waals surface area (Å²) in [7, 11) is 0. The highest BCUT2D eigenvalue weighted by molar-refractivity contribution is 5.66. The zero-order valence-corrected chi connectivity index (χ0v) is 8.01. The smallest absolute Gasteiger partial charge is 0.142 e. The Morgan fingerprint density at radius 2 is 1.60 bits per heavy atom. The summed E-state index contributed by atoms with van der Waals surface area (Å²) in [5, 5.41) is 21.7. The molecule has 0 amide bonds. The molecule has 0 aliphatic carbocycles. The van der Waals surface area contributed by atoms with Crippen LogP contribution in [-0.2, 0) is 0 Å². The van der Waals surface area contributed by atoms with Crippen molar-refractivity contribution in [1.82, 2.24) is 0 Å². The number of hydrogen-bond donors (Lipinski definition) is 3. The van der Waals surface area contributed by atoms with Crippen molar-refractivity contribution in [2.75, 3.05) is 5.32 Å². The second-order valence-corrected chi connectivity index (χ2v) is 3.19. The van der Waals surface area contributed by atoms with Crippen LogP contribution in [0.4, 0.5) is 11.4 Å². The average Bonchev–Trinajstić information content (AvgIpc) is 2.24. The fourth-order valence-corrected chi connectivity index (χ4v) is 1.30. The summed E-state index contributed by atoms with van der Waals surface area (Å²) in [6, 6.07) is 14.0. The number of benzene rings is 2. The number of para-hydroxylation sites is 1. The van der Waals surface area contributed by atoms with Crippen molar-refractivity contribution < 1.29 is 10.2 Å². The molecule has 3 nitrogen and oxygen atoms in total. The molecule has 0 radical (unpaired) electrons. The summed E-state index contributed by atoms with van der Waals surface area (Å²) in [4.78, 5) is 0. The van der Waals surface area contributed by atoms with Crippen molar-refractivity contribution in [3.63, 3.8) is 0 Å². The summed E-state index contributed by atoms with van der Waals surface area (Å²) < 4.78 is 0. The van der Waals surface area contributed by atoms with E-state index in [9.17, 15) is 5.11 Å². The van der Waals surface area contributed by atoms with Crippen molar-refractivity contribution in [2.45, 2.75) is 0 Å². The molecule has 0 saturated heterocycles. The van der Waals surface area contributed by atoms with Gasteiger partial charge in [-0.1, -0.05) is 18.2 Å². The SMILES string of the molecule is Oc1ccc(Nc2ccccc2)c(O)c1. The molecule has 3 N–H and O–H groups in total. The maximum Gasteiger partial charge on any atom is 0.142 e. The van der Waals surface area contributed by atoms with Gasteiger partial charge in [0.1, 0.15) is 11.5 Å². The first-order chi connectivity index (χ1) is 7.25. The van der Waals surface area contributed by atoms with Gasteiger partial charge in [0.05, 0.1) is 5.69 Å². The van der Waals surface area contributed by atoms with Crippen LogP contribution in [0.2, 0.25) is 0 Å². The number of hydrogen-bond acceptors (Lipinski definition) is 3. The van der Waals surface area contributed by atoms with Crippen LogP contribution in [0, 0.1) is 0 Å². The highest BCUT2D eigenvalue weighted by Gasteiger charge is 2.01. The first kappa shape index (κ1) is 9.40. The third kappa shape index (κ3) is 2.20. The van der Waals surface area contributed by atoms with Gasteiger partial charge in [0, 0.05) is 11.8 Å². The van der Waals surface area contributed by atoms with Crippen molar-refractivity contribution in [3.05, 3.63) is 48.5 Å². The Hall–Kier alpha value is -2.16. The standard InChI is InChI=1S/C12H11NO2/c14-10-6-7-11(12(15)8-10)13-9-4-2-1-3-5-9/h1-8,13-15H. The van der Waals surface area contributed by atoms with Crippen LogP contribution in [-0.4, -0.2) is 10.2 Å². The predicted octanol–water partition coefficient (Wildman–Crippen LogP) is 2.84. The Morgan fingerprint density at radius 1 is 0.867 bits per heavy atom. The van der Waals surface area contributed by atoms with E-state index in [1.54, 1.807) is 6.07 Å². The molecule has 76 valence electrons. The Labute approximate surface area is 87.6 Å². The van der Waals surface area contributed by atoms with E-state index in [4.69, 9.17) is 5.11 Å². The first-order valence-corrected chi connectivity index (χ1v) is 4.60. The number of aromatic hydroxyl groups is 2. The Balaban J connectivity index is 2.25. The maximum absolute atomic E-state index is 9.53. The van der Waals surface area contributed by atoms with Crippen molar-refractivity contribution in [3.8, 4) is 11.5 Å². The monoisotopic (exact) mass is 201 g/mol. The van der Waals surface area contributed by atoms with Gasteiger partial charge in [-0.05, 0) is 24.3 Å². The third-order valence-electron chi connectivity index (χ3n) is 2.03. The molecular weight excluding hydrogens is 190 g/mol. The van der Waals surface area contributed by atoms with Gasteiger partial charge in [0.25, 0.3) is 0 Å². The molecule has 0 aliphatic heterocycles. The van der Waals surface area contributed by atoms with Gasteiger partial charge in [0.2, 0.25) is 0 Å². The Kier molecular flexibility index (Phi) is 2.46. The highest BCUT2D eigenvalue weighted by atomic mass is 16.3. The lowest BCUT2D eigenvalue weighted by atomic mass is 10.2. The molecule has 0 aromatic heterocycles. The summed E-state index contributed by atoms with van der Waals surface area (Å²) in [5.74, 6) is 0.0740. The second-order valence-electron chi connectivity index (χ2n) is 3.19. The highest BCUT2D eigenvalue weighted by Crippen LogP contribution is 2.29. The molecule has 0 fully saturated rings. The molecule has 0 spiro atoms. The minimum atomic E-state index is 0.0267. The lowest BCUT2D eigenvalue weighted by molar-refractivity contribution is 0.452. The normalized spacial score (nSPS) is 9.87. The average molecular weight is 201 g/mol. The summed E-state index contributed by atoms with van der Waals surface area (Å²) >= 11 is 0. The number of phenolic OH excluding ortho intramolecular Hbond substituents is 2. The second kappa shape index (κ2) is 3.92. The number of phenols is 2. The molecule has 15 heavy (non-hydrogen) atoms. The molecule has 0 bridgehead atoms. The maximum atomic E-state index is 9.53. The minimum absolute atomic E-state index is 0.0267. The van der Waals surface area contributed by atoms with Crippen LogP contribution in [0.1, 0.15) is 0 Å². The van der Waals surface area contributed by atoms with E-state index in [0.717, 1.165) is 5.69 Å². The zero-order chi connectivity index (χ0) is 10.7. The lowest BCUT2D eigenvalue weighted by Crippen LogP contribution is -1.89. The van der Waals surface area contributed by atoms with Gasteiger partial charge >= 0.3 is 0 Å².